The average Bonchev–Trinajstić information content (AvgIpc) is 2.83. The van der Waals surface area contributed by atoms with Crippen LogP contribution in [0.4, 0.5) is 0 Å². The van der Waals surface area contributed by atoms with Crippen LogP contribution in [0, 0.1) is 6.92 Å². The lowest BCUT2D eigenvalue weighted by atomic mass is 10.1. The molecule has 0 amide bonds. The number of fused-ring (bicyclic) bond motifs is 1. The molecule has 0 spiro atoms. The first-order valence-corrected chi connectivity index (χ1v) is 7.17. The predicted molar refractivity (Wildman–Crippen MR) is 91.0 cm³/mol. The molecule has 1 aromatic heterocycles. The van der Waals surface area contributed by atoms with Gasteiger partial charge in [0, 0.05) is 10.9 Å². The molecule has 0 aliphatic carbocycles. The third-order valence-corrected chi connectivity index (χ3v) is 3.47. The molecular formula is C20H18O. The van der Waals surface area contributed by atoms with Gasteiger partial charge in [0.1, 0.15) is 11.3 Å². The van der Waals surface area contributed by atoms with Crippen molar-refractivity contribution >= 4 is 29.2 Å². The molecule has 21 heavy (non-hydrogen) atoms. The zero-order chi connectivity index (χ0) is 14.7. The van der Waals surface area contributed by atoms with E-state index < -0.39 is 0 Å². The Hall–Kier alpha value is -2.54. The Bertz CT molecular complexity index is 819. The number of para-hydroxylation sites is 1. The summed E-state index contributed by atoms with van der Waals surface area (Å²) in [6.07, 6.45) is 8.28. The van der Waals surface area contributed by atoms with Crippen molar-refractivity contribution in [3.05, 3.63) is 77.1 Å². The zero-order valence-corrected chi connectivity index (χ0v) is 12.3. The van der Waals surface area contributed by atoms with E-state index in [1.54, 1.807) is 0 Å². The predicted octanol–water partition coefficient (Wildman–Crippen LogP) is 5.94. The topological polar surface area (TPSA) is 13.1 Å². The Morgan fingerprint density at radius 1 is 0.905 bits per heavy atom. The Morgan fingerprint density at radius 2 is 1.76 bits per heavy atom. The maximum Gasteiger partial charge on any atom is 0.135 e. The SMILES string of the molecule is C/C=C\c1oc2ccccc2c1/C=C/c1cccc(C)c1. The molecule has 1 heteroatoms. The lowest BCUT2D eigenvalue weighted by Gasteiger charge is -1.96. The molecule has 0 aliphatic heterocycles. The van der Waals surface area contributed by atoms with Crippen molar-refractivity contribution in [3.8, 4) is 0 Å². The van der Waals surface area contributed by atoms with Gasteiger partial charge in [0.25, 0.3) is 0 Å². The standard InChI is InChI=1S/C20H18O/c1-3-7-19-18(17-10-4-5-11-20(17)21-19)13-12-16-9-6-8-15(2)14-16/h3-14H,1-2H3/b7-3-,13-12+. The van der Waals surface area contributed by atoms with Gasteiger partial charge in [0.05, 0.1) is 0 Å². The minimum atomic E-state index is 0.905. The summed E-state index contributed by atoms with van der Waals surface area (Å²) in [5, 5.41) is 1.15. The molecular weight excluding hydrogens is 256 g/mol. The van der Waals surface area contributed by atoms with Crippen LogP contribution in [0.15, 0.2) is 59.0 Å². The third kappa shape index (κ3) is 2.82. The van der Waals surface area contributed by atoms with Crippen molar-refractivity contribution in [2.75, 3.05) is 0 Å². The number of rotatable bonds is 3. The molecule has 0 saturated heterocycles. The first kappa shape index (κ1) is 13.4. The number of hydrogen-bond donors (Lipinski definition) is 0. The van der Waals surface area contributed by atoms with Gasteiger partial charge in [-0.25, -0.2) is 0 Å². The van der Waals surface area contributed by atoms with E-state index in [4.69, 9.17) is 4.42 Å². The second-order valence-corrected chi connectivity index (χ2v) is 5.12. The van der Waals surface area contributed by atoms with Crippen molar-refractivity contribution in [1.29, 1.82) is 0 Å². The van der Waals surface area contributed by atoms with Gasteiger partial charge in [0.2, 0.25) is 0 Å². The van der Waals surface area contributed by atoms with E-state index >= 15 is 0 Å². The summed E-state index contributed by atoms with van der Waals surface area (Å²) in [6, 6.07) is 16.6. The van der Waals surface area contributed by atoms with Crippen molar-refractivity contribution < 1.29 is 4.42 Å². The summed E-state index contributed by atoms with van der Waals surface area (Å²) < 4.78 is 5.91. The fourth-order valence-corrected chi connectivity index (χ4v) is 2.48. The molecule has 0 radical (unpaired) electrons. The van der Waals surface area contributed by atoms with Gasteiger partial charge in [-0.2, -0.15) is 0 Å². The van der Waals surface area contributed by atoms with Crippen LogP contribution >= 0.6 is 0 Å². The maximum absolute atomic E-state index is 5.91. The highest BCUT2D eigenvalue weighted by Gasteiger charge is 2.08. The highest BCUT2D eigenvalue weighted by molar-refractivity contribution is 5.93. The number of hydrogen-bond acceptors (Lipinski definition) is 1. The molecule has 3 rings (SSSR count). The largest absolute Gasteiger partial charge is 0.456 e. The van der Waals surface area contributed by atoms with Crippen LogP contribution in [0.5, 0.6) is 0 Å². The van der Waals surface area contributed by atoms with Crippen LogP contribution < -0.4 is 0 Å². The normalized spacial score (nSPS) is 11.9. The summed E-state index contributed by atoms with van der Waals surface area (Å²) in [6.45, 7) is 4.11. The summed E-state index contributed by atoms with van der Waals surface area (Å²) >= 11 is 0. The van der Waals surface area contributed by atoms with Crippen LogP contribution in [0.25, 0.3) is 29.2 Å². The fraction of sp³-hybridized carbons (Fsp3) is 0.100. The molecule has 0 bridgehead atoms. The Labute approximate surface area is 125 Å². The molecule has 0 unspecified atom stereocenters. The monoisotopic (exact) mass is 274 g/mol. The van der Waals surface area contributed by atoms with Gasteiger partial charge in [0.15, 0.2) is 0 Å². The summed E-state index contributed by atoms with van der Waals surface area (Å²) in [7, 11) is 0. The second kappa shape index (κ2) is 5.84. The fourth-order valence-electron chi connectivity index (χ4n) is 2.48. The zero-order valence-electron chi connectivity index (χ0n) is 12.3. The highest BCUT2D eigenvalue weighted by atomic mass is 16.3. The summed E-state index contributed by atoms with van der Waals surface area (Å²) in [5.41, 5.74) is 4.52. The average molecular weight is 274 g/mol. The second-order valence-electron chi connectivity index (χ2n) is 5.12. The smallest absolute Gasteiger partial charge is 0.135 e. The molecule has 1 nitrogen and oxygen atoms in total. The van der Waals surface area contributed by atoms with Gasteiger partial charge in [-0.05, 0) is 37.6 Å². The van der Waals surface area contributed by atoms with E-state index in [0.717, 1.165) is 22.3 Å². The number of furan rings is 1. The molecule has 0 N–H and O–H groups in total. The Kier molecular flexibility index (Phi) is 3.74. The van der Waals surface area contributed by atoms with E-state index in [1.807, 2.05) is 37.3 Å². The van der Waals surface area contributed by atoms with Crippen LogP contribution in [-0.4, -0.2) is 0 Å². The minimum Gasteiger partial charge on any atom is -0.456 e. The Balaban J connectivity index is 2.08. The van der Waals surface area contributed by atoms with E-state index in [0.29, 0.717) is 0 Å². The molecule has 2 aromatic carbocycles. The minimum absolute atomic E-state index is 0.905. The lowest BCUT2D eigenvalue weighted by molar-refractivity contribution is 0.603. The maximum atomic E-state index is 5.91. The van der Waals surface area contributed by atoms with Gasteiger partial charge < -0.3 is 4.42 Å². The van der Waals surface area contributed by atoms with Crippen molar-refractivity contribution in [3.63, 3.8) is 0 Å². The first-order chi connectivity index (χ1) is 10.3. The van der Waals surface area contributed by atoms with Crippen LogP contribution in [0.2, 0.25) is 0 Å². The van der Waals surface area contributed by atoms with Gasteiger partial charge in [-0.3, -0.25) is 0 Å². The van der Waals surface area contributed by atoms with E-state index in [2.05, 4.69) is 49.4 Å². The number of benzene rings is 2. The first-order valence-electron chi connectivity index (χ1n) is 7.17. The number of aryl methyl sites for hydroxylation is 1. The molecule has 0 saturated carbocycles. The van der Waals surface area contributed by atoms with E-state index in [1.165, 1.54) is 11.1 Å². The van der Waals surface area contributed by atoms with Crippen molar-refractivity contribution in [2.24, 2.45) is 0 Å². The van der Waals surface area contributed by atoms with Gasteiger partial charge >= 0.3 is 0 Å². The molecule has 3 aromatic rings. The third-order valence-electron chi connectivity index (χ3n) is 3.47. The molecule has 0 atom stereocenters. The molecule has 0 fully saturated rings. The molecule has 0 aliphatic rings. The highest BCUT2D eigenvalue weighted by Crippen LogP contribution is 2.28. The Morgan fingerprint density at radius 3 is 2.57 bits per heavy atom. The van der Waals surface area contributed by atoms with Crippen LogP contribution in [0.1, 0.15) is 29.4 Å². The van der Waals surface area contributed by atoms with E-state index in [-0.39, 0.29) is 0 Å². The molecule has 104 valence electrons. The van der Waals surface area contributed by atoms with Crippen LogP contribution in [0.3, 0.4) is 0 Å². The van der Waals surface area contributed by atoms with Gasteiger partial charge in [-0.1, -0.05) is 60.2 Å². The van der Waals surface area contributed by atoms with Crippen molar-refractivity contribution in [2.45, 2.75) is 13.8 Å². The number of allylic oxidation sites excluding steroid dienone is 1. The summed E-state index contributed by atoms with van der Waals surface area (Å²) in [5.74, 6) is 0.905. The van der Waals surface area contributed by atoms with Gasteiger partial charge in [-0.15, -0.1) is 0 Å². The van der Waals surface area contributed by atoms with E-state index in [9.17, 15) is 0 Å². The summed E-state index contributed by atoms with van der Waals surface area (Å²) in [4.78, 5) is 0. The molecule has 1 heterocycles. The lowest BCUT2D eigenvalue weighted by Crippen LogP contribution is -1.76. The van der Waals surface area contributed by atoms with Crippen LogP contribution in [-0.2, 0) is 0 Å². The quantitative estimate of drug-likeness (QED) is 0.575. The van der Waals surface area contributed by atoms with Crippen molar-refractivity contribution in [1.82, 2.24) is 0 Å².